The van der Waals surface area contributed by atoms with Crippen molar-refractivity contribution in [3.63, 3.8) is 0 Å². The van der Waals surface area contributed by atoms with Gasteiger partial charge < -0.3 is 4.74 Å². The second-order valence-electron chi connectivity index (χ2n) is 5.52. The van der Waals surface area contributed by atoms with Crippen LogP contribution in [0.2, 0.25) is 0 Å². The first-order chi connectivity index (χ1) is 12.4. The number of aromatic nitrogens is 4. The van der Waals surface area contributed by atoms with E-state index >= 15 is 0 Å². The number of ketones is 1. The average Bonchev–Trinajstić information content (AvgIpc) is 2.99. The van der Waals surface area contributed by atoms with Gasteiger partial charge in [0.05, 0.1) is 4.90 Å². The third-order valence-corrected chi connectivity index (χ3v) is 5.09. The minimum absolute atomic E-state index is 0.0671. The highest BCUT2D eigenvalue weighted by Crippen LogP contribution is 2.11. The summed E-state index contributed by atoms with van der Waals surface area (Å²) in [6, 6.07) is 9.10. The van der Waals surface area contributed by atoms with Crippen molar-refractivity contribution >= 4 is 21.5 Å². The average molecular weight is 375 g/mol. The van der Waals surface area contributed by atoms with Crippen molar-refractivity contribution in [2.45, 2.75) is 18.7 Å². The van der Waals surface area contributed by atoms with Crippen molar-refractivity contribution in [1.82, 2.24) is 24.5 Å². The Balaban J connectivity index is 1.57. The Bertz CT molecular complexity index is 1040. The molecule has 0 aliphatic rings. The number of fused-ring (bicyclic) bond motifs is 1. The zero-order chi connectivity index (χ0) is 18.7. The van der Waals surface area contributed by atoms with E-state index in [-0.39, 0.29) is 23.8 Å². The van der Waals surface area contributed by atoms with Gasteiger partial charge in [-0.1, -0.05) is 12.1 Å². The lowest BCUT2D eigenvalue weighted by Gasteiger charge is -2.08. The molecular weight excluding hydrogens is 358 g/mol. The van der Waals surface area contributed by atoms with Gasteiger partial charge in [0, 0.05) is 18.2 Å². The predicted octanol–water partition coefficient (Wildman–Crippen LogP) is 0.993. The SMILES string of the molecule is CC(=O)c1ccc(S(=O)(=O)NCCOc2ccc3nnc(C)n3n2)cc1. The van der Waals surface area contributed by atoms with Gasteiger partial charge >= 0.3 is 0 Å². The number of nitrogens with zero attached hydrogens (tertiary/aromatic N) is 4. The molecule has 0 atom stereocenters. The van der Waals surface area contributed by atoms with Gasteiger partial charge in [-0.3, -0.25) is 4.79 Å². The second-order valence-corrected chi connectivity index (χ2v) is 7.28. The molecule has 2 heterocycles. The van der Waals surface area contributed by atoms with Crippen molar-refractivity contribution in [1.29, 1.82) is 0 Å². The minimum Gasteiger partial charge on any atom is -0.475 e. The smallest absolute Gasteiger partial charge is 0.240 e. The highest BCUT2D eigenvalue weighted by Gasteiger charge is 2.14. The van der Waals surface area contributed by atoms with Crippen LogP contribution in [0.4, 0.5) is 0 Å². The van der Waals surface area contributed by atoms with E-state index in [9.17, 15) is 13.2 Å². The fourth-order valence-corrected chi connectivity index (χ4v) is 3.25. The van der Waals surface area contributed by atoms with Crippen LogP contribution in [-0.2, 0) is 10.0 Å². The van der Waals surface area contributed by atoms with Crippen LogP contribution in [0.15, 0.2) is 41.3 Å². The van der Waals surface area contributed by atoms with Crippen LogP contribution in [0.1, 0.15) is 23.1 Å². The summed E-state index contributed by atoms with van der Waals surface area (Å²) in [5, 5.41) is 12.0. The maximum absolute atomic E-state index is 12.2. The number of sulfonamides is 1. The van der Waals surface area contributed by atoms with Crippen LogP contribution in [0.3, 0.4) is 0 Å². The molecule has 10 heteroatoms. The van der Waals surface area contributed by atoms with E-state index in [1.54, 1.807) is 19.1 Å². The van der Waals surface area contributed by atoms with E-state index < -0.39 is 10.0 Å². The first-order valence-electron chi connectivity index (χ1n) is 7.79. The topological polar surface area (TPSA) is 116 Å². The van der Waals surface area contributed by atoms with E-state index in [4.69, 9.17) is 4.74 Å². The molecule has 0 aliphatic carbocycles. The normalized spacial score (nSPS) is 11.6. The number of rotatable bonds is 7. The summed E-state index contributed by atoms with van der Waals surface area (Å²) in [6.07, 6.45) is 0. The molecule has 3 aromatic rings. The van der Waals surface area contributed by atoms with E-state index in [0.29, 0.717) is 22.9 Å². The Morgan fingerprint density at radius 3 is 2.58 bits per heavy atom. The molecule has 0 saturated carbocycles. The Kier molecular flexibility index (Phi) is 4.96. The summed E-state index contributed by atoms with van der Waals surface area (Å²) in [7, 11) is -3.68. The Morgan fingerprint density at radius 2 is 1.88 bits per heavy atom. The third kappa shape index (κ3) is 3.86. The summed E-state index contributed by atoms with van der Waals surface area (Å²) < 4.78 is 33.9. The molecule has 0 unspecified atom stereocenters. The van der Waals surface area contributed by atoms with Crippen molar-refractivity contribution < 1.29 is 17.9 Å². The Labute approximate surface area is 150 Å². The van der Waals surface area contributed by atoms with Crippen molar-refractivity contribution in [3.8, 4) is 5.88 Å². The number of hydrogen-bond acceptors (Lipinski definition) is 7. The van der Waals surface area contributed by atoms with Gasteiger partial charge in [0.25, 0.3) is 0 Å². The lowest BCUT2D eigenvalue weighted by molar-refractivity contribution is 0.101. The summed E-state index contributed by atoms with van der Waals surface area (Å²) >= 11 is 0. The highest BCUT2D eigenvalue weighted by atomic mass is 32.2. The molecule has 136 valence electrons. The van der Waals surface area contributed by atoms with Gasteiger partial charge in [0.15, 0.2) is 17.3 Å². The molecule has 0 bridgehead atoms. The van der Waals surface area contributed by atoms with Crippen LogP contribution in [-0.4, -0.2) is 47.2 Å². The van der Waals surface area contributed by atoms with E-state index in [2.05, 4.69) is 20.0 Å². The molecule has 26 heavy (non-hydrogen) atoms. The van der Waals surface area contributed by atoms with Crippen LogP contribution in [0.5, 0.6) is 5.88 Å². The van der Waals surface area contributed by atoms with E-state index in [0.717, 1.165) is 0 Å². The number of Topliss-reactive ketones (excluding diaryl/α,β-unsaturated/α-hetero) is 1. The molecule has 0 saturated heterocycles. The first kappa shape index (κ1) is 18.0. The lowest BCUT2D eigenvalue weighted by atomic mass is 10.2. The summed E-state index contributed by atoms with van der Waals surface area (Å²) in [5.41, 5.74) is 1.06. The van der Waals surface area contributed by atoms with Gasteiger partial charge in [-0.2, -0.15) is 4.52 Å². The number of hydrogen-bond donors (Lipinski definition) is 1. The van der Waals surface area contributed by atoms with Gasteiger partial charge in [0.2, 0.25) is 15.9 Å². The van der Waals surface area contributed by atoms with Crippen molar-refractivity contribution in [2.75, 3.05) is 13.2 Å². The molecule has 2 aromatic heterocycles. The largest absolute Gasteiger partial charge is 0.475 e. The van der Waals surface area contributed by atoms with Crippen LogP contribution in [0.25, 0.3) is 5.65 Å². The fourth-order valence-electron chi connectivity index (χ4n) is 2.24. The zero-order valence-corrected chi connectivity index (χ0v) is 15.0. The maximum Gasteiger partial charge on any atom is 0.240 e. The molecule has 1 aromatic carbocycles. The standard InChI is InChI=1S/C16H17N5O4S/c1-11(22)13-3-5-14(6-4-13)26(23,24)17-9-10-25-16-8-7-15-19-18-12(2)21(15)20-16/h3-8,17H,9-10H2,1-2H3. The molecule has 0 spiro atoms. The molecule has 0 amide bonds. The fraction of sp³-hybridized carbons (Fsp3) is 0.250. The molecule has 3 rings (SSSR count). The van der Waals surface area contributed by atoms with Crippen LogP contribution in [0, 0.1) is 6.92 Å². The number of nitrogens with one attached hydrogen (secondary N) is 1. The maximum atomic E-state index is 12.2. The number of ether oxygens (including phenoxy) is 1. The summed E-state index contributed by atoms with van der Waals surface area (Å²) in [4.78, 5) is 11.3. The van der Waals surface area contributed by atoms with Crippen molar-refractivity contribution in [2.24, 2.45) is 0 Å². The quantitative estimate of drug-likeness (QED) is 0.484. The molecule has 9 nitrogen and oxygen atoms in total. The Hall–Kier alpha value is -2.85. The van der Waals surface area contributed by atoms with Crippen molar-refractivity contribution in [3.05, 3.63) is 47.8 Å². The third-order valence-electron chi connectivity index (χ3n) is 3.61. The molecule has 0 aliphatic heterocycles. The molecular formula is C16H17N5O4S. The molecule has 1 N–H and O–H groups in total. The number of aryl methyl sites for hydroxylation is 1. The minimum atomic E-state index is -3.68. The highest BCUT2D eigenvalue weighted by molar-refractivity contribution is 7.89. The second kappa shape index (κ2) is 7.18. The van der Waals surface area contributed by atoms with Gasteiger partial charge in [-0.25, -0.2) is 13.1 Å². The monoisotopic (exact) mass is 375 g/mol. The summed E-state index contributed by atoms with van der Waals surface area (Å²) in [5.74, 6) is 0.841. The van der Waals surface area contributed by atoms with Crippen LogP contribution < -0.4 is 9.46 Å². The molecule has 0 radical (unpaired) electrons. The summed E-state index contributed by atoms with van der Waals surface area (Å²) in [6.45, 7) is 3.36. The molecule has 0 fully saturated rings. The van der Waals surface area contributed by atoms with E-state index in [1.807, 2.05) is 0 Å². The first-order valence-corrected chi connectivity index (χ1v) is 9.28. The number of benzene rings is 1. The lowest BCUT2D eigenvalue weighted by Crippen LogP contribution is -2.28. The number of carbonyl (C=O) groups excluding carboxylic acids is 1. The van der Waals surface area contributed by atoms with E-state index in [1.165, 1.54) is 35.7 Å². The van der Waals surface area contributed by atoms with Gasteiger partial charge in [-0.15, -0.1) is 15.3 Å². The Morgan fingerprint density at radius 1 is 1.15 bits per heavy atom. The van der Waals surface area contributed by atoms with Crippen LogP contribution >= 0.6 is 0 Å². The predicted molar refractivity (Wildman–Crippen MR) is 92.6 cm³/mol. The van der Waals surface area contributed by atoms with Gasteiger partial charge in [0.1, 0.15) is 6.61 Å². The zero-order valence-electron chi connectivity index (χ0n) is 14.2. The van der Waals surface area contributed by atoms with Gasteiger partial charge in [-0.05, 0) is 32.0 Å². The number of carbonyl (C=O) groups is 1.